The lowest BCUT2D eigenvalue weighted by Crippen LogP contribution is -2.34. The number of hydrogen-bond acceptors (Lipinski definition) is 4. The van der Waals surface area contributed by atoms with Crippen molar-refractivity contribution in [3.8, 4) is 11.5 Å². The van der Waals surface area contributed by atoms with E-state index < -0.39 is 0 Å². The normalized spacial score (nSPS) is 14.4. The molecule has 0 saturated carbocycles. The number of nitrogens with zero attached hydrogens (tertiary/aromatic N) is 1. The number of amides is 1. The van der Waals surface area contributed by atoms with Crippen molar-refractivity contribution in [2.24, 2.45) is 5.73 Å². The molecule has 0 fully saturated rings. The van der Waals surface area contributed by atoms with Gasteiger partial charge in [-0.15, -0.1) is 0 Å². The highest BCUT2D eigenvalue weighted by Crippen LogP contribution is 2.32. The first kappa shape index (κ1) is 14.7. The fourth-order valence-electron chi connectivity index (χ4n) is 2.58. The van der Waals surface area contributed by atoms with Gasteiger partial charge in [0.15, 0.2) is 11.5 Å². The van der Waals surface area contributed by atoms with E-state index in [2.05, 4.69) is 0 Å². The van der Waals surface area contributed by atoms with Crippen molar-refractivity contribution in [1.29, 1.82) is 0 Å². The number of nitrogens with two attached hydrogens (primary N) is 1. The van der Waals surface area contributed by atoms with Crippen LogP contribution < -0.4 is 15.2 Å². The number of ether oxygens (including phenoxy) is 2. The molecule has 1 amide bonds. The van der Waals surface area contributed by atoms with Crippen LogP contribution in [0.2, 0.25) is 0 Å². The van der Waals surface area contributed by atoms with E-state index in [9.17, 15) is 4.79 Å². The van der Waals surface area contributed by atoms with Gasteiger partial charge in [-0.05, 0) is 36.1 Å². The van der Waals surface area contributed by atoms with Gasteiger partial charge in [-0.2, -0.15) is 0 Å². The highest BCUT2D eigenvalue weighted by Gasteiger charge is 2.19. The van der Waals surface area contributed by atoms with Crippen molar-refractivity contribution in [3.63, 3.8) is 0 Å². The largest absolute Gasteiger partial charge is 0.493 e. The fourth-order valence-corrected chi connectivity index (χ4v) is 2.58. The van der Waals surface area contributed by atoms with Gasteiger partial charge in [0.25, 0.3) is 0 Å². The van der Waals surface area contributed by atoms with E-state index in [1.165, 1.54) is 11.1 Å². The summed E-state index contributed by atoms with van der Waals surface area (Å²) >= 11 is 0. The summed E-state index contributed by atoms with van der Waals surface area (Å²) in [6, 6.07) is 4.04. The first-order valence-corrected chi connectivity index (χ1v) is 6.91. The molecule has 0 aliphatic carbocycles. The Hall–Kier alpha value is -1.75. The molecule has 1 heterocycles. The van der Waals surface area contributed by atoms with Gasteiger partial charge >= 0.3 is 0 Å². The zero-order chi connectivity index (χ0) is 14.5. The van der Waals surface area contributed by atoms with Gasteiger partial charge in [-0.1, -0.05) is 0 Å². The van der Waals surface area contributed by atoms with Crippen molar-refractivity contribution in [2.45, 2.75) is 19.3 Å². The summed E-state index contributed by atoms with van der Waals surface area (Å²) in [5.41, 5.74) is 7.91. The minimum atomic E-state index is 0.138. The molecule has 0 unspecified atom stereocenters. The summed E-state index contributed by atoms with van der Waals surface area (Å²) in [5.74, 6) is 1.63. The van der Waals surface area contributed by atoms with Crippen LogP contribution in [0.3, 0.4) is 0 Å². The third-order valence-corrected chi connectivity index (χ3v) is 3.72. The number of benzene rings is 1. The van der Waals surface area contributed by atoms with Crippen LogP contribution in [0.4, 0.5) is 0 Å². The first-order chi connectivity index (χ1) is 9.69. The van der Waals surface area contributed by atoms with Gasteiger partial charge in [0.05, 0.1) is 14.2 Å². The van der Waals surface area contributed by atoms with Crippen molar-refractivity contribution >= 4 is 5.91 Å². The SMILES string of the molecule is COc1cc2c(cc1OC)CCN(C(=O)CCN)CC2. The molecule has 5 heteroatoms. The molecule has 5 nitrogen and oxygen atoms in total. The maximum absolute atomic E-state index is 11.9. The van der Waals surface area contributed by atoms with Crippen LogP contribution >= 0.6 is 0 Å². The molecule has 1 aromatic carbocycles. The first-order valence-electron chi connectivity index (χ1n) is 6.91. The zero-order valence-corrected chi connectivity index (χ0v) is 12.1. The third-order valence-electron chi connectivity index (χ3n) is 3.72. The number of carbonyl (C=O) groups is 1. The molecular weight excluding hydrogens is 256 g/mol. The summed E-state index contributed by atoms with van der Waals surface area (Å²) < 4.78 is 10.7. The molecule has 0 radical (unpaired) electrons. The lowest BCUT2D eigenvalue weighted by molar-refractivity contribution is -0.130. The van der Waals surface area contributed by atoms with E-state index in [0.717, 1.165) is 37.4 Å². The topological polar surface area (TPSA) is 64.8 Å². The molecule has 1 aromatic rings. The zero-order valence-electron chi connectivity index (χ0n) is 12.1. The molecule has 0 saturated heterocycles. The molecule has 20 heavy (non-hydrogen) atoms. The van der Waals surface area contributed by atoms with Crippen molar-refractivity contribution in [2.75, 3.05) is 33.9 Å². The van der Waals surface area contributed by atoms with E-state index in [0.29, 0.717) is 13.0 Å². The van der Waals surface area contributed by atoms with Gasteiger partial charge in [0.2, 0.25) is 5.91 Å². The summed E-state index contributed by atoms with van der Waals surface area (Å²) in [6.45, 7) is 1.88. The van der Waals surface area contributed by atoms with Gasteiger partial charge in [0, 0.05) is 26.1 Å². The lowest BCUT2D eigenvalue weighted by atomic mass is 10.0. The highest BCUT2D eigenvalue weighted by molar-refractivity contribution is 5.76. The molecule has 2 N–H and O–H groups in total. The number of hydrogen-bond donors (Lipinski definition) is 1. The number of fused-ring (bicyclic) bond motifs is 1. The maximum Gasteiger partial charge on any atom is 0.223 e. The van der Waals surface area contributed by atoms with E-state index in [1.807, 2.05) is 17.0 Å². The van der Waals surface area contributed by atoms with Gasteiger partial charge in [-0.3, -0.25) is 4.79 Å². The second-order valence-corrected chi connectivity index (χ2v) is 4.90. The minimum Gasteiger partial charge on any atom is -0.493 e. The Morgan fingerprint density at radius 2 is 1.65 bits per heavy atom. The summed E-state index contributed by atoms with van der Waals surface area (Å²) in [7, 11) is 3.27. The highest BCUT2D eigenvalue weighted by atomic mass is 16.5. The predicted octanol–water partition coefficient (Wildman–Crippen LogP) is 0.980. The molecule has 2 rings (SSSR count). The summed E-state index contributed by atoms with van der Waals surface area (Å²) in [5, 5.41) is 0. The molecular formula is C15H22N2O3. The van der Waals surface area contributed by atoms with Crippen LogP contribution in [0.25, 0.3) is 0 Å². The maximum atomic E-state index is 11.9. The molecule has 110 valence electrons. The summed E-state index contributed by atoms with van der Waals surface area (Å²) in [4.78, 5) is 13.8. The Kier molecular flexibility index (Phi) is 4.84. The van der Waals surface area contributed by atoms with Crippen LogP contribution in [-0.4, -0.2) is 44.7 Å². The Balaban J connectivity index is 2.18. The molecule has 0 atom stereocenters. The second kappa shape index (κ2) is 6.61. The van der Waals surface area contributed by atoms with Crippen LogP contribution in [-0.2, 0) is 17.6 Å². The Labute approximate surface area is 119 Å². The van der Waals surface area contributed by atoms with E-state index >= 15 is 0 Å². The molecule has 1 aliphatic heterocycles. The molecule has 1 aliphatic rings. The van der Waals surface area contributed by atoms with E-state index in [-0.39, 0.29) is 5.91 Å². The third kappa shape index (κ3) is 3.04. The molecule has 0 spiro atoms. The van der Waals surface area contributed by atoms with E-state index in [1.54, 1.807) is 14.2 Å². The van der Waals surface area contributed by atoms with Gasteiger partial charge in [0.1, 0.15) is 0 Å². The van der Waals surface area contributed by atoms with Crippen molar-refractivity contribution in [3.05, 3.63) is 23.3 Å². The number of rotatable bonds is 4. The smallest absolute Gasteiger partial charge is 0.223 e. The van der Waals surface area contributed by atoms with Crippen LogP contribution in [0.5, 0.6) is 11.5 Å². The van der Waals surface area contributed by atoms with Crippen molar-refractivity contribution < 1.29 is 14.3 Å². The van der Waals surface area contributed by atoms with Crippen LogP contribution in [0.15, 0.2) is 12.1 Å². The summed E-state index contributed by atoms with van der Waals surface area (Å²) in [6.07, 6.45) is 2.10. The fraction of sp³-hybridized carbons (Fsp3) is 0.533. The Morgan fingerprint density at radius 1 is 1.15 bits per heavy atom. The minimum absolute atomic E-state index is 0.138. The van der Waals surface area contributed by atoms with Crippen LogP contribution in [0, 0.1) is 0 Å². The van der Waals surface area contributed by atoms with Crippen LogP contribution in [0.1, 0.15) is 17.5 Å². The lowest BCUT2D eigenvalue weighted by Gasteiger charge is -2.19. The van der Waals surface area contributed by atoms with Crippen molar-refractivity contribution in [1.82, 2.24) is 4.90 Å². The van der Waals surface area contributed by atoms with E-state index in [4.69, 9.17) is 15.2 Å². The average molecular weight is 278 g/mol. The predicted molar refractivity (Wildman–Crippen MR) is 77.2 cm³/mol. The van der Waals surface area contributed by atoms with Gasteiger partial charge in [-0.25, -0.2) is 0 Å². The Bertz CT molecular complexity index is 453. The van der Waals surface area contributed by atoms with Gasteiger partial charge < -0.3 is 20.1 Å². The Morgan fingerprint density at radius 3 is 2.05 bits per heavy atom. The molecule has 0 aromatic heterocycles. The number of carbonyl (C=O) groups excluding carboxylic acids is 1. The standard InChI is InChI=1S/C15H22N2O3/c1-19-13-9-11-4-7-17(15(18)3-6-16)8-5-12(11)10-14(13)20-2/h9-10H,3-8,16H2,1-2H3. The monoisotopic (exact) mass is 278 g/mol. The molecule has 0 bridgehead atoms. The second-order valence-electron chi connectivity index (χ2n) is 4.90. The average Bonchev–Trinajstić information content (AvgIpc) is 2.67. The quantitative estimate of drug-likeness (QED) is 0.891. The number of methoxy groups -OCH3 is 2.